The first-order valence-electron chi connectivity index (χ1n) is 6.13. The van der Waals surface area contributed by atoms with E-state index in [1.165, 1.54) is 6.20 Å². The molecule has 0 bridgehead atoms. The molecule has 0 aliphatic rings. The Balaban J connectivity index is 2.08. The summed E-state index contributed by atoms with van der Waals surface area (Å²) >= 11 is 1.55. The van der Waals surface area contributed by atoms with Crippen LogP contribution in [-0.4, -0.2) is 9.91 Å². The molecule has 0 saturated carbocycles. The van der Waals surface area contributed by atoms with Gasteiger partial charge in [0.25, 0.3) is 5.69 Å². The lowest BCUT2D eigenvalue weighted by molar-refractivity contribution is -0.383. The van der Waals surface area contributed by atoms with Crippen LogP contribution in [0.2, 0.25) is 0 Å². The first kappa shape index (κ1) is 13.4. The number of nitro groups is 1. The number of benzene rings is 1. The van der Waals surface area contributed by atoms with Gasteiger partial charge in [-0.3, -0.25) is 15.1 Å². The van der Waals surface area contributed by atoms with Gasteiger partial charge in [-0.1, -0.05) is 0 Å². The second-order valence-corrected chi connectivity index (χ2v) is 5.17. The maximum atomic E-state index is 14.2. The molecule has 0 atom stereocenters. The molecule has 0 aliphatic heterocycles. The highest BCUT2D eigenvalue weighted by Gasteiger charge is 2.19. The number of thiophene rings is 1. The van der Waals surface area contributed by atoms with Crippen molar-refractivity contribution in [2.75, 3.05) is 5.32 Å². The number of nitrogens with one attached hydrogen (secondary N) is 1. The number of pyridine rings is 1. The van der Waals surface area contributed by atoms with Gasteiger partial charge in [0, 0.05) is 12.7 Å². The number of rotatable bonds is 4. The van der Waals surface area contributed by atoms with Crippen molar-refractivity contribution in [1.29, 1.82) is 0 Å². The van der Waals surface area contributed by atoms with Crippen LogP contribution in [-0.2, 0) is 6.54 Å². The first-order chi connectivity index (χ1) is 10.2. The van der Waals surface area contributed by atoms with Crippen LogP contribution in [0.4, 0.5) is 15.8 Å². The number of anilines is 1. The summed E-state index contributed by atoms with van der Waals surface area (Å²) in [5, 5.41) is 18.2. The molecule has 1 N–H and O–H groups in total. The molecule has 0 spiro atoms. The summed E-state index contributed by atoms with van der Waals surface area (Å²) in [6.45, 7) is 0.434. The smallest absolute Gasteiger partial charge is 0.281 e. The maximum absolute atomic E-state index is 14.2. The molecule has 0 unspecified atom stereocenters. The van der Waals surface area contributed by atoms with E-state index in [-0.39, 0.29) is 16.9 Å². The summed E-state index contributed by atoms with van der Waals surface area (Å²) in [4.78, 5) is 14.5. The lowest BCUT2D eigenvalue weighted by atomic mass is 10.1. The Morgan fingerprint density at radius 3 is 3.00 bits per heavy atom. The number of nitro benzene ring substituents is 1. The summed E-state index contributed by atoms with van der Waals surface area (Å²) in [6.07, 6.45) is 1.49. The molecule has 2 heterocycles. The van der Waals surface area contributed by atoms with Crippen LogP contribution in [0.15, 0.2) is 41.2 Å². The molecule has 3 aromatic rings. The number of hydrogen-bond acceptors (Lipinski definition) is 5. The van der Waals surface area contributed by atoms with Crippen LogP contribution < -0.4 is 5.32 Å². The molecule has 21 heavy (non-hydrogen) atoms. The van der Waals surface area contributed by atoms with Gasteiger partial charge in [0.1, 0.15) is 5.52 Å². The second kappa shape index (κ2) is 5.45. The average molecular weight is 303 g/mol. The van der Waals surface area contributed by atoms with E-state index < -0.39 is 10.7 Å². The van der Waals surface area contributed by atoms with Gasteiger partial charge in [-0.15, -0.1) is 0 Å². The zero-order chi connectivity index (χ0) is 14.8. The molecule has 0 amide bonds. The standard InChI is InChI=1S/C14H10FN3O2S/c15-11-6-12(18(19)20)10-2-1-4-16-13(10)14(11)17-7-9-3-5-21-8-9/h1-6,8,17H,7H2. The lowest BCUT2D eigenvalue weighted by Gasteiger charge is -2.10. The van der Waals surface area contributed by atoms with E-state index >= 15 is 0 Å². The minimum atomic E-state index is -0.678. The third kappa shape index (κ3) is 2.55. The summed E-state index contributed by atoms with van der Waals surface area (Å²) in [7, 11) is 0. The number of non-ortho nitro benzene ring substituents is 1. The minimum absolute atomic E-state index is 0.183. The number of nitrogens with zero attached hydrogens (tertiary/aromatic N) is 2. The third-order valence-electron chi connectivity index (χ3n) is 3.07. The van der Waals surface area contributed by atoms with Crippen LogP contribution >= 0.6 is 11.3 Å². The predicted molar refractivity (Wildman–Crippen MR) is 80.0 cm³/mol. The van der Waals surface area contributed by atoms with E-state index in [4.69, 9.17) is 0 Å². The quantitative estimate of drug-likeness (QED) is 0.585. The highest BCUT2D eigenvalue weighted by atomic mass is 32.1. The highest BCUT2D eigenvalue weighted by molar-refractivity contribution is 7.07. The third-order valence-corrected chi connectivity index (χ3v) is 3.80. The van der Waals surface area contributed by atoms with Gasteiger partial charge in [0.2, 0.25) is 0 Å². The molecule has 5 nitrogen and oxygen atoms in total. The molecule has 1 aromatic carbocycles. The zero-order valence-corrected chi connectivity index (χ0v) is 11.6. The topological polar surface area (TPSA) is 68.1 Å². The number of fused-ring (bicyclic) bond motifs is 1. The monoisotopic (exact) mass is 303 g/mol. The van der Waals surface area contributed by atoms with Crippen LogP contribution in [0.3, 0.4) is 0 Å². The van der Waals surface area contributed by atoms with Gasteiger partial charge in [-0.2, -0.15) is 11.3 Å². The molecule has 0 fully saturated rings. The molecule has 7 heteroatoms. The fourth-order valence-corrected chi connectivity index (χ4v) is 2.77. The first-order valence-corrected chi connectivity index (χ1v) is 7.07. The summed E-state index contributed by atoms with van der Waals surface area (Å²) in [5.41, 5.74) is 1.18. The van der Waals surface area contributed by atoms with Crippen LogP contribution in [0.25, 0.3) is 10.9 Å². The Hall–Kier alpha value is -2.54. The second-order valence-electron chi connectivity index (χ2n) is 4.39. The molecule has 3 rings (SSSR count). The van der Waals surface area contributed by atoms with Crippen molar-refractivity contribution >= 4 is 33.6 Å². The Labute approximate surface area is 123 Å². The molecule has 0 saturated heterocycles. The van der Waals surface area contributed by atoms with E-state index in [2.05, 4.69) is 10.3 Å². The zero-order valence-electron chi connectivity index (χ0n) is 10.7. The van der Waals surface area contributed by atoms with Crippen LogP contribution in [0, 0.1) is 15.9 Å². The fraction of sp³-hybridized carbons (Fsp3) is 0.0714. The predicted octanol–water partition coefficient (Wildman–Crippen LogP) is 3.96. The summed E-state index contributed by atoms with van der Waals surface area (Å²) in [5.74, 6) is -0.678. The van der Waals surface area contributed by atoms with Crippen LogP contribution in [0.1, 0.15) is 5.56 Å². The number of hydrogen-bond donors (Lipinski definition) is 1. The van der Waals surface area contributed by atoms with E-state index in [1.54, 1.807) is 23.5 Å². The van der Waals surface area contributed by atoms with Crippen molar-refractivity contribution in [1.82, 2.24) is 4.98 Å². The molecular weight excluding hydrogens is 293 g/mol. The Bertz CT molecular complexity index is 805. The van der Waals surface area contributed by atoms with Gasteiger partial charge in [-0.05, 0) is 34.5 Å². The SMILES string of the molecule is O=[N+]([O-])c1cc(F)c(NCc2ccsc2)c2ncccc12. The van der Waals surface area contributed by atoms with E-state index in [0.717, 1.165) is 11.6 Å². The Morgan fingerprint density at radius 1 is 1.43 bits per heavy atom. The number of halogens is 1. The Morgan fingerprint density at radius 2 is 2.29 bits per heavy atom. The van der Waals surface area contributed by atoms with E-state index in [9.17, 15) is 14.5 Å². The summed E-state index contributed by atoms with van der Waals surface area (Å²) in [6, 6.07) is 6.02. The lowest BCUT2D eigenvalue weighted by Crippen LogP contribution is -2.03. The van der Waals surface area contributed by atoms with Gasteiger partial charge >= 0.3 is 0 Å². The van der Waals surface area contributed by atoms with Crippen molar-refractivity contribution in [2.45, 2.75) is 6.54 Å². The van der Waals surface area contributed by atoms with Gasteiger partial charge < -0.3 is 5.32 Å². The van der Waals surface area contributed by atoms with Crippen molar-refractivity contribution in [3.63, 3.8) is 0 Å². The van der Waals surface area contributed by atoms with E-state index in [1.807, 2.05) is 16.8 Å². The van der Waals surface area contributed by atoms with E-state index in [0.29, 0.717) is 11.9 Å². The van der Waals surface area contributed by atoms with Crippen molar-refractivity contribution in [3.8, 4) is 0 Å². The van der Waals surface area contributed by atoms with Crippen molar-refractivity contribution in [3.05, 3.63) is 62.7 Å². The minimum Gasteiger partial charge on any atom is -0.377 e. The normalized spacial score (nSPS) is 10.7. The molecule has 2 aromatic heterocycles. The average Bonchev–Trinajstić information content (AvgIpc) is 2.98. The molecule has 0 aliphatic carbocycles. The molecule has 106 valence electrons. The largest absolute Gasteiger partial charge is 0.377 e. The fourth-order valence-electron chi connectivity index (χ4n) is 2.10. The van der Waals surface area contributed by atoms with Crippen LogP contribution in [0.5, 0.6) is 0 Å². The summed E-state index contributed by atoms with van der Waals surface area (Å²) < 4.78 is 14.2. The van der Waals surface area contributed by atoms with Crippen molar-refractivity contribution < 1.29 is 9.31 Å². The van der Waals surface area contributed by atoms with Gasteiger partial charge in [0.05, 0.1) is 22.1 Å². The maximum Gasteiger partial charge on any atom is 0.281 e. The molecule has 0 radical (unpaired) electrons. The molecular formula is C14H10FN3O2S. The van der Waals surface area contributed by atoms with Crippen molar-refractivity contribution in [2.24, 2.45) is 0 Å². The highest BCUT2D eigenvalue weighted by Crippen LogP contribution is 2.32. The number of aromatic nitrogens is 1. The Kier molecular flexibility index (Phi) is 3.49. The van der Waals surface area contributed by atoms with Gasteiger partial charge in [0.15, 0.2) is 5.82 Å². The van der Waals surface area contributed by atoms with Gasteiger partial charge in [-0.25, -0.2) is 4.39 Å².